The third-order valence-electron chi connectivity index (χ3n) is 3.21. The SMILES string of the molecule is CC1(C)CCC(Nc2cc(N)ns2)CC1. The molecule has 1 fully saturated rings. The molecule has 3 nitrogen and oxygen atoms in total. The Kier molecular flexibility index (Phi) is 2.87. The molecule has 2 rings (SSSR count). The first-order chi connectivity index (χ1) is 7.05. The fourth-order valence-corrected chi connectivity index (χ4v) is 2.75. The van der Waals surface area contributed by atoms with Crippen molar-refractivity contribution < 1.29 is 0 Å². The van der Waals surface area contributed by atoms with Crippen LogP contribution in [0.5, 0.6) is 0 Å². The lowest BCUT2D eigenvalue weighted by molar-refractivity contribution is 0.232. The zero-order valence-corrected chi connectivity index (χ0v) is 10.2. The van der Waals surface area contributed by atoms with Crippen molar-refractivity contribution in [3.8, 4) is 0 Å². The van der Waals surface area contributed by atoms with Gasteiger partial charge in [-0.3, -0.25) is 0 Å². The van der Waals surface area contributed by atoms with Crippen LogP contribution < -0.4 is 11.1 Å². The van der Waals surface area contributed by atoms with Gasteiger partial charge >= 0.3 is 0 Å². The van der Waals surface area contributed by atoms with Crippen molar-refractivity contribution in [2.45, 2.75) is 45.6 Å². The second-order valence-electron chi connectivity index (χ2n) is 5.20. The van der Waals surface area contributed by atoms with Gasteiger partial charge < -0.3 is 11.1 Å². The van der Waals surface area contributed by atoms with Crippen molar-refractivity contribution >= 4 is 22.4 Å². The van der Waals surface area contributed by atoms with E-state index in [2.05, 4.69) is 23.5 Å². The van der Waals surface area contributed by atoms with Crippen LogP contribution in [0.15, 0.2) is 6.07 Å². The maximum absolute atomic E-state index is 5.59. The first-order valence-corrected chi connectivity index (χ1v) is 6.31. The fourth-order valence-electron chi connectivity index (χ4n) is 2.10. The molecule has 0 spiro atoms. The summed E-state index contributed by atoms with van der Waals surface area (Å²) in [5.74, 6) is 0.624. The molecule has 0 saturated heterocycles. The molecule has 4 heteroatoms. The van der Waals surface area contributed by atoms with Crippen LogP contribution in [0.1, 0.15) is 39.5 Å². The van der Waals surface area contributed by atoms with Crippen molar-refractivity contribution in [2.24, 2.45) is 5.41 Å². The number of hydrogen-bond donors (Lipinski definition) is 2. The highest BCUT2D eigenvalue weighted by Crippen LogP contribution is 2.36. The summed E-state index contributed by atoms with van der Waals surface area (Å²) in [7, 11) is 0. The lowest BCUT2D eigenvalue weighted by atomic mass is 9.76. The Bertz CT molecular complexity index is 322. The van der Waals surface area contributed by atoms with Gasteiger partial charge in [0.15, 0.2) is 0 Å². The van der Waals surface area contributed by atoms with Crippen molar-refractivity contribution in [2.75, 3.05) is 11.1 Å². The number of nitrogens with one attached hydrogen (secondary N) is 1. The second-order valence-corrected chi connectivity index (χ2v) is 6.00. The van der Waals surface area contributed by atoms with E-state index in [9.17, 15) is 0 Å². The molecular formula is C11H19N3S. The Labute approximate surface area is 95.2 Å². The van der Waals surface area contributed by atoms with Gasteiger partial charge in [-0.2, -0.15) is 4.37 Å². The molecular weight excluding hydrogens is 206 g/mol. The molecule has 1 aliphatic carbocycles. The minimum Gasteiger partial charge on any atom is -0.383 e. The molecule has 1 heterocycles. The van der Waals surface area contributed by atoms with Crippen molar-refractivity contribution in [1.29, 1.82) is 0 Å². The summed E-state index contributed by atoms with van der Waals surface area (Å²) in [6.45, 7) is 4.71. The molecule has 0 atom stereocenters. The highest BCUT2D eigenvalue weighted by Gasteiger charge is 2.26. The molecule has 84 valence electrons. The number of aromatic nitrogens is 1. The Hall–Kier alpha value is -0.770. The molecule has 1 aromatic heterocycles. The Morgan fingerprint density at radius 3 is 2.67 bits per heavy atom. The van der Waals surface area contributed by atoms with Gasteiger partial charge in [-0.1, -0.05) is 13.8 Å². The molecule has 0 aromatic carbocycles. The van der Waals surface area contributed by atoms with Crippen LogP contribution in [-0.2, 0) is 0 Å². The van der Waals surface area contributed by atoms with Gasteiger partial charge in [-0.25, -0.2) is 0 Å². The van der Waals surface area contributed by atoms with Gasteiger partial charge in [0.25, 0.3) is 0 Å². The quantitative estimate of drug-likeness (QED) is 0.813. The van der Waals surface area contributed by atoms with E-state index in [-0.39, 0.29) is 0 Å². The van der Waals surface area contributed by atoms with Crippen LogP contribution >= 0.6 is 11.5 Å². The van der Waals surface area contributed by atoms with Crippen molar-refractivity contribution in [1.82, 2.24) is 4.37 Å². The summed E-state index contributed by atoms with van der Waals surface area (Å²) >= 11 is 1.46. The topological polar surface area (TPSA) is 50.9 Å². The molecule has 1 aliphatic rings. The largest absolute Gasteiger partial charge is 0.383 e. The maximum Gasteiger partial charge on any atom is 0.139 e. The first kappa shape index (κ1) is 10.7. The molecule has 0 aliphatic heterocycles. The Morgan fingerprint density at radius 2 is 2.13 bits per heavy atom. The van der Waals surface area contributed by atoms with Crippen LogP contribution in [0, 0.1) is 5.41 Å². The number of nitrogen functional groups attached to an aromatic ring is 1. The maximum atomic E-state index is 5.59. The monoisotopic (exact) mass is 225 g/mol. The lowest BCUT2D eigenvalue weighted by Gasteiger charge is -2.34. The molecule has 0 amide bonds. The van der Waals surface area contributed by atoms with Crippen LogP contribution in [-0.4, -0.2) is 10.4 Å². The Balaban J connectivity index is 1.87. The van der Waals surface area contributed by atoms with E-state index < -0.39 is 0 Å². The third kappa shape index (κ3) is 2.84. The summed E-state index contributed by atoms with van der Waals surface area (Å²) in [5.41, 5.74) is 6.12. The fraction of sp³-hybridized carbons (Fsp3) is 0.727. The number of nitrogens with zero attached hydrogens (tertiary/aromatic N) is 1. The summed E-state index contributed by atoms with van der Waals surface area (Å²) in [5, 5.41) is 4.62. The molecule has 1 saturated carbocycles. The van der Waals surface area contributed by atoms with E-state index >= 15 is 0 Å². The van der Waals surface area contributed by atoms with E-state index in [0.717, 1.165) is 5.00 Å². The molecule has 3 N–H and O–H groups in total. The first-order valence-electron chi connectivity index (χ1n) is 5.54. The van der Waals surface area contributed by atoms with E-state index in [4.69, 9.17) is 5.73 Å². The number of hydrogen-bond acceptors (Lipinski definition) is 4. The van der Waals surface area contributed by atoms with Gasteiger partial charge in [-0.15, -0.1) is 0 Å². The van der Waals surface area contributed by atoms with Crippen molar-refractivity contribution in [3.05, 3.63) is 6.07 Å². The molecule has 15 heavy (non-hydrogen) atoms. The van der Waals surface area contributed by atoms with Crippen LogP contribution in [0.2, 0.25) is 0 Å². The predicted octanol–water partition coefficient (Wildman–Crippen LogP) is 3.11. The van der Waals surface area contributed by atoms with Crippen LogP contribution in [0.3, 0.4) is 0 Å². The molecule has 0 radical (unpaired) electrons. The molecule has 0 unspecified atom stereocenters. The van der Waals surface area contributed by atoms with E-state index in [1.807, 2.05) is 6.07 Å². The highest BCUT2D eigenvalue weighted by atomic mass is 32.1. The van der Waals surface area contributed by atoms with Crippen LogP contribution in [0.25, 0.3) is 0 Å². The number of rotatable bonds is 2. The minimum absolute atomic E-state index is 0.533. The van der Waals surface area contributed by atoms with Gasteiger partial charge in [0.2, 0.25) is 0 Å². The van der Waals surface area contributed by atoms with Gasteiger partial charge in [0, 0.05) is 12.1 Å². The second kappa shape index (κ2) is 4.00. The van der Waals surface area contributed by atoms with E-state index in [0.29, 0.717) is 17.3 Å². The summed E-state index contributed by atoms with van der Waals surface area (Å²) in [6.07, 6.45) is 5.12. The van der Waals surface area contributed by atoms with Gasteiger partial charge in [0.1, 0.15) is 10.8 Å². The van der Waals surface area contributed by atoms with E-state index in [1.54, 1.807) is 0 Å². The van der Waals surface area contributed by atoms with E-state index in [1.165, 1.54) is 37.2 Å². The molecule has 1 aromatic rings. The average Bonchev–Trinajstić information content (AvgIpc) is 2.55. The summed E-state index contributed by atoms with van der Waals surface area (Å²) in [6, 6.07) is 2.53. The summed E-state index contributed by atoms with van der Waals surface area (Å²) < 4.78 is 4.07. The summed E-state index contributed by atoms with van der Waals surface area (Å²) in [4.78, 5) is 0. The smallest absolute Gasteiger partial charge is 0.139 e. The zero-order valence-electron chi connectivity index (χ0n) is 9.42. The van der Waals surface area contributed by atoms with Crippen molar-refractivity contribution in [3.63, 3.8) is 0 Å². The lowest BCUT2D eigenvalue weighted by Crippen LogP contribution is -2.29. The van der Waals surface area contributed by atoms with Gasteiger partial charge in [0.05, 0.1) is 0 Å². The highest BCUT2D eigenvalue weighted by molar-refractivity contribution is 7.10. The van der Waals surface area contributed by atoms with Gasteiger partial charge in [-0.05, 0) is 42.6 Å². The minimum atomic E-state index is 0.533. The molecule has 0 bridgehead atoms. The standard InChI is InChI=1S/C11H19N3S/c1-11(2)5-3-8(4-6-11)13-10-7-9(12)14-15-10/h7-8,13H,3-6H2,1-2H3,(H2,12,14). The predicted molar refractivity (Wildman–Crippen MR) is 66.2 cm³/mol. The number of anilines is 2. The zero-order chi connectivity index (χ0) is 10.9. The number of nitrogens with two attached hydrogens (primary N) is 1. The van der Waals surface area contributed by atoms with Crippen LogP contribution in [0.4, 0.5) is 10.8 Å². The normalized spacial score (nSPS) is 21.5. The average molecular weight is 225 g/mol. The third-order valence-corrected chi connectivity index (χ3v) is 3.95. The Morgan fingerprint density at radius 1 is 1.47 bits per heavy atom.